The molecule has 0 bridgehead atoms. The third-order valence-corrected chi connectivity index (χ3v) is 2.52. The Kier molecular flexibility index (Phi) is 1.67. The third-order valence-electron chi connectivity index (χ3n) is 2.52. The lowest BCUT2D eigenvalue weighted by atomic mass is 10.1. The number of nitrogen functional groups attached to an aromatic ring is 1. The van der Waals surface area contributed by atoms with Crippen molar-refractivity contribution in [2.75, 3.05) is 0 Å². The maximum Gasteiger partial charge on any atom is 0.123 e. The molecule has 0 atom stereocenters. The molecule has 0 aliphatic heterocycles. The number of benzene rings is 1. The summed E-state index contributed by atoms with van der Waals surface area (Å²) in [5.41, 5.74) is 7.91. The van der Waals surface area contributed by atoms with Crippen LogP contribution in [0.3, 0.4) is 0 Å². The van der Waals surface area contributed by atoms with Crippen LogP contribution in [0.4, 0.5) is 0 Å². The lowest BCUT2D eigenvalue weighted by Crippen LogP contribution is -2.11. The van der Waals surface area contributed by atoms with Crippen molar-refractivity contribution < 1.29 is 0 Å². The van der Waals surface area contributed by atoms with E-state index in [9.17, 15) is 0 Å². The molecule has 5 nitrogen and oxygen atoms in total. The first-order chi connectivity index (χ1) is 7.77. The Morgan fingerprint density at radius 3 is 2.94 bits per heavy atom. The molecule has 16 heavy (non-hydrogen) atoms. The highest BCUT2D eigenvalue weighted by atomic mass is 15.4. The van der Waals surface area contributed by atoms with Gasteiger partial charge in [-0.2, -0.15) is 9.73 Å². The zero-order valence-corrected chi connectivity index (χ0v) is 8.38. The van der Waals surface area contributed by atoms with E-state index in [1.54, 1.807) is 10.8 Å². The Balaban J connectivity index is 2.57. The molecule has 3 aromatic rings. The molecule has 1 aromatic carbocycles. The van der Waals surface area contributed by atoms with Gasteiger partial charge in [0, 0.05) is 17.1 Å². The second kappa shape index (κ2) is 3.03. The number of amidine groups is 1. The molecule has 2 heterocycles. The van der Waals surface area contributed by atoms with Crippen molar-refractivity contribution in [3.8, 4) is 0 Å². The highest BCUT2D eigenvalue weighted by Gasteiger charge is 2.10. The van der Waals surface area contributed by atoms with Crippen LogP contribution in [-0.2, 0) is 0 Å². The summed E-state index contributed by atoms with van der Waals surface area (Å²) >= 11 is 0. The van der Waals surface area contributed by atoms with Gasteiger partial charge in [0.2, 0.25) is 0 Å². The molecule has 5 heteroatoms. The highest BCUT2D eigenvalue weighted by Crippen LogP contribution is 2.22. The van der Waals surface area contributed by atoms with Crippen molar-refractivity contribution in [2.24, 2.45) is 5.73 Å². The van der Waals surface area contributed by atoms with Crippen molar-refractivity contribution in [1.82, 2.24) is 14.8 Å². The smallest absolute Gasteiger partial charge is 0.123 e. The molecule has 2 aromatic heterocycles. The second-order valence-electron chi connectivity index (χ2n) is 3.51. The SMILES string of the molecule is N=C(N)c1cccc2nn3ncccc3c12. The number of fused-ring (bicyclic) bond motifs is 3. The largest absolute Gasteiger partial charge is 0.384 e. The second-order valence-corrected chi connectivity index (χ2v) is 3.51. The quantitative estimate of drug-likeness (QED) is 0.468. The van der Waals surface area contributed by atoms with Crippen LogP contribution in [0.15, 0.2) is 36.5 Å². The number of hydrogen-bond donors (Lipinski definition) is 2. The van der Waals surface area contributed by atoms with Crippen molar-refractivity contribution in [1.29, 1.82) is 5.41 Å². The van der Waals surface area contributed by atoms with E-state index in [4.69, 9.17) is 11.1 Å². The average molecular weight is 211 g/mol. The highest BCUT2D eigenvalue weighted by molar-refractivity contribution is 6.12. The number of nitrogens with one attached hydrogen (secondary N) is 1. The minimum absolute atomic E-state index is 0.0457. The standard InChI is InChI=1S/C11H9N5/c12-11(13)7-3-1-4-8-10(7)9-5-2-6-14-16(9)15-8/h1-6H,(H3,12,13). The molecule has 0 fully saturated rings. The van der Waals surface area contributed by atoms with E-state index in [2.05, 4.69) is 10.2 Å². The van der Waals surface area contributed by atoms with Gasteiger partial charge in [0.25, 0.3) is 0 Å². The van der Waals surface area contributed by atoms with Gasteiger partial charge in [0.15, 0.2) is 0 Å². The molecule has 0 unspecified atom stereocenters. The van der Waals surface area contributed by atoms with Crippen LogP contribution in [0.5, 0.6) is 0 Å². The monoisotopic (exact) mass is 211 g/mol. The molecule has 0 spiro atoms. The van der Waals surface area contributed by atoms with E-state index >= 15 is 0 Å². The van der Waals surface area contributed by atoms with Gasteiger partial charge in [-0.25, -0.2) is 0 Å². The Bertz CT molecular complexity index is 698. The lowest BCUT2D eigenvalue weighted by molar-refractivity contribution is 0.811. The number of nitrogens with zero attached hydrogens (tertiary/aromatic N) is 3. The van der Waals surface area contributed by atoms with Crippen LogP contribution >= 0.6 is 0 Å². The van der Waals surface area contributed by atoms with Crippen molar-refractivity contribution in [3.05, 3.63) is 42.1 Å². The van der Waals surface area contributed by atoms with Gasteiger partial charge in [-0.15, -0.1) is 5.10 Å². The van der Waals surface area contributed by atoms with E-state index in [1.165, 1.54) is 0 Å². The van der Waals surface area contributed by atoms with Crippen LogP contribution < -0.4 is 5.73 Å². The summed E-state index contributed by atoms with van der Waals surface area (Å²) < 4.78 is 1.55. The number of aromatic nitrogens is 3. The molecule has 0 amide bonds. The van der Waals surface area contributed by atoms with E-state index < -0.39 is 0 Å². The molecule has 0 saturated heterocycles. The first-order valence-electron chi connectivity index (χ1n) is 4.84. The van der Waals surface area contributed by atoms with Crippen LogP contribution in [-0.4, -0.2) is 20.7 Å². The van der Waals surface area contributed by atoms with Crippen molar-refractivity contribution >= 4 is 22.3 Å². The molecule has 0 aliphatic rings. The normalized spacial score (nSPS) is 11.0. The third kappa shape index (κ3) is 1.08. The van der Waals surface area contributed by atoms with Crippen LogP contribution in [0.2, 0.25) is 0 Å². The van der Waals surface area contributed by atoms with Crippen LogP contribution in [0.1, 0.15) is 5.56 Å². The molecule has 78 valence electrons. The Hall–Kier alpha value is -2.43. The molecule has 0 saturated carbocycles. The Morgan fingerprint density at radius 1 is 1.25 bits per heavy atom. The summed E-state index contributed by atoms with van der Waals surface area (Å²) in [6.45, 7) is 0. The van der Waals surface area contributed by atoms with Crippen molar-refractivity contribution in [2.45, 2.75) is 0 Å². The summed E-state index contributed by atoms with van der Waals surface area (Å²) in [7, 11) is 0. The lowest BCUT2D eigenvalue weighted by Gasteiger charge is -1.99. The zero-order valence-electron chi connectivity index (χ0n) is 8.38. The summed E-state index contributed by atoms with van der Waals surface area (Å²) in [4.78, 5) is 0. The topological polar surface area (TPSA) is 80.1 Å². The van der Waals surface area contributed by atoms with Crippen LogP contribution in [0, 0.1) is 5.41 Å². The predicted molar refractivity (Wildman–Crippen MR) is 61.5 cm³/mol. The van der Waals surface area contributed by atoms with Gasteiger partial charge in [-0.05, 0) is 18.2 Å². The molecule has 3 N–H and O–H groups in total. The van der Waals surface area contributed by atoms with Gasteiger partial charge in [0.05, 0.1) is 11.0 Å². The fourth-order valence-electron chi connectivity index (χ4n) is 1.85. The summed E-state index contributed by atoms with van der Waals surface area (Å²) in [5, 5.41) is 16.9. The van der Waals surface area contributed by atoms with Crippen molar-refractivity contribution in [3.63, 3.8) is 0 Å². The summed E-state index contributed by atoms with van der Waals surface area (Å²) in [6, 6.07) is 9.30. The Morgan fingerprint density at radius 2 is 2.12 bits per heavy atom. The maximum absolute atomic E-state index is 7.55. The number of hydrogen-bond acceptors (Lipinski definition) is 3. The minimum Gasteiger partial charge on any atom is -0.384 e. The van der Waals surface area contributed by atoms with Gasteiger partial charge < -0.3 is 5.73 Å². The van der Waals surface area contributed by atoms with E-state index in [-0.39, 0.29) is 5.84 Å². The van der Waals surface area contributed by atoms with Crippen LogP contribution in [0.25, 0.3) is 16.4 Å². The van der Waals surface area contributed by atoms with Gasteiger partial charge >= 0.3 is 0 Å². The summed E-state index contributed by atoms with van der Waals surface area (Å²) in [6.07, 6.45) is 1.67. The molecule has 3 rings (SSSR count). The molecule has 0 aliphatic carbocycles. The van der Waals surface area contributed by atoms with E-state index in [1.807, 2.05) is 30.3 Å². The maximum atomic E-state index is 7.55. The fraction of sp³-hybridized carbons (Fsp3) is 0. The predicted octanol–water partition coefficient (Wildman–Crippen LogP) is 1.17. The van der Waals surface area contributed by atoms with Gasteiger partial charge in [-0.3, -0.25) is 5.41 Å². The Labute approximate surface area is 91.0 Å². The number of rotatable bonds is 1. The molecule has 0 radical (unpaired) electrons. The minimum atomic E-state index is 0.0457. The van der Waals surface area contributed by atoms with Gasteiger partial charge in [0.1, 0.15) is 5.84 Å². The first-order valence-corrected chi connectivity index (χ1v) is 4.84. The van der Waals surface area contributed by atoms with Gasteiger partial charge in [-0.1, -0.05) is 12.1 Å². The molecular weight excluding hydrogens is 202 g/mol. The van der Waals surface area contributed by atoms with E-state index in [0.717, 1.165) is 16.4 Å². The summed E-state index contributed by atoms with van der Waals surface area (Å²) in [5.74, 6) is 0.0457. The first kappa shape index (κ1) is 8.84. The fourth-order valence-corrected chi connectivity index (χ4v) is 1.85. The number of nitrogens with two attached hydrogens (primary N) is 1. The van der Waals surface area contributed by atoms with E-state index in [0.29, 0.717) is 5.56 Å². The zero-order chi connectivity index (χ0) is 11.1. The average Bonchev–Trinajstić information content (AvgIpc) is 2.66. The molecular formula is C11H9N5.